The first kappa shape index (κ1) is 23.3. The lowest BCUT2D eigenvalue weighted by Gasteiger charge is -2.17. The molecule has 0 radical (unpaired) electrons. The van der Waals surface area contributed by atoms with Crippen molar-refractivity contribution in [1.29, 1.82) is 0 Å². The quantitative estimate of drug-likeness (QED) is 0.365. The molecule has 0 spiro atoms. The van der Waals surface area contributed by atoms with Crippen molar-refractivity contribution in [1.82, 2.24) is 10.3 Å². The van der Waals surface area contributed by atoms with Gasteiger partial charge in [-0.1, -0.05) is 18.2 Å². The zero-order chi connectivity index (χ0) is 21.3. The molecule has 0 saturated heterocycles. The van der Waals surface area contributed by atoms with Crippen LogP contribution in [0.2, 0.25) is 0 Å². The van der Waals surface area contributed by atoms with Crippen molar-refractivity contribution >= 4 is 5.97 Å². The van der Waals surface area contributed by atoms with Crippen LogP contribution in [0.5, 0.6) is 0 Å². The smallest absolute Gasteiger partial charge is 0.352 e. The van der Waals surface area contributed by atoms with E-state index in [0.29, 0.717) is 52.0 Å². The Kier molecular flexibility index (Phi) is 9.34. The summed E-state index contributed by atoms with van der Waals surface area (Å²) in [4.78, 5) is 14.6. The lowest BCUT2D eigenvalue weighted by atomic mass is 9.89. The molecule has 1 aromatic carbocycles. The molecule has 0 saturated carbocycles. The van der Waals surface area contributed by atoms with Crippen molar-refractivity contribution in [3.05, 3.63) is 71.6 Å². The van der Waals surface area contributed by atoms with E-state index in [1.54, 1.807) is 25.3 Å². The fourth-order valence-corrected chi connectivity index (χ4v) is 3.26. The number of nitrogens with one attached hydrogen (secondary N) is 2. The average molecular weight is 388 g/mol. The zero-order valence-corrected chi connectivity index (χ0v) is 16.1. The third-order valence-corrected chi connectivity index (χ3v) is 4.38. The van der Waals surface area contributed by atoms with Gasteiger partial charge >= 0.3 is 5.97 Å². The number of aliphatic hydroxyl groups excluding tert-OH is 3. The van der Waals surface area contributed by atoms with E-state index in [-0.39, 0.29) is 25.5 Å². The fraction of sp³-hybridized carbons (Fsp3) is 0.286. The number of aliphatic hydroxyl groups is 3. The first-order valence-corrected chi connectivity index (χ1v) is 8.72. The number of carboxylic acid groups (broad SMARTS) is 1. The summed E-state index contributed by atoms with van der Waals surface area (Å²) in [5.74, 6) is -1.08. The molecule has 0 fully saturated rings. The number of benzene rings is 1. The van der Waals surface area contributed by atoms with E-state index in [0.717, 1.165) is 0 Å². The maximum Gasteiger partial charge on any atom is 0.352 e. The summed E-state index contributed by atoms with van der Waals surface area (Å²) in [6.07, 6.45) is 1.95. The summed E-state index contributed by atoms with van der Waals surface area (Å²) < 4.78 is 0. The van der Waals surface area contributed by atoms with Crippen LogP contribution in [0.1, 0.15) is 38.4 Å². The Bertz CT molecular complexity index is 827. The number of aromatic amines is 1. The standard InChI is InChI=1S/C19H24N2O5.C2H4/c1-3-4-13-17(16(7-20-2)21-18(13)19(25)26)12-6-5-11(8-22)14(9-23)15(12)10-24;1-2/h3,5-6,20-24H,1,4,7-10H2,2H3,(H,25,26);1-2H2. The fourth-order valence-electron chi connectivity index (χ4n) is 3.26. The van der Waals surface area contributed by atoms with Crippen LogP contribution in [0.3, 0.4) is 0 Å². The summed E-state index contributed by atoms with van der Waals surface area (Å²) in [7, 11) is 1.75. The van der Waals surface area contributed by atoms with Crippen LogP contribution in [0.25, 0.3) is 11.1 Å². The molecule has 7 heteroatoms. The minimum atomic E-state index is -1.08. The molecule has 0 unspecified atom stereocenters. The lowest BCUT2D eigenvalue weighted by molar-refractivity contribution is 0.0690. The molecular formula is C21H28N2O5. The summed E-state index contributed by atoms with van der Waals surface area (Å²) >= 11 is 0. The normalized spacial score (nSPS) is 10.3. The highest BCUT2D eigenvalue weighted by Crippen LogP contribution is 2.36. The number of H-pyrrole nitrogens is 1. The molecular weight excluding hydrogens is 360 g/mol. The van der Waals surface area contributed by atoms with E-state index >= 15 is 0 Å². The molecule has 152 valence electrons. The molecule has 28 heavy (non-hydrogen) atoms. The third kappa shape index (κ3) is 4.58. The van der Waals surface area contributed by atoms with Crippen LogP contribution in [-0.2, 0) is 32.8 Å². The van der Waals surface area contributed by atoms with Crippen LogP contribution in [0.4, 0.5) is 0 Å². The van der Waals surface area contributed by atoms with Crippen LogP contribution >= 0.6 is 0 Å². The maximum absolute atomic E-state index is 11.7. The van der Waals surface area contributed by atoms with Crippen LogP contribution in [0, 0.1) is 0 Å². The second kappa shape index (κ2) is 11.2. The first-order chi connectivity index (χ1) is 13.5. The number of hydrogen-bond acceptors (Lipinski definition) is 5. The highest BCUT2D eigenvalue weighted by atomic mass is 16.4. The summed E-state index contributed by atoms with van der Waals surface area (Å²) in [5.41, 5.74) is 4.04. The Morgan fingerprint density at radius 2 is 1.75 bits per heavy atom. The van der Waals surface area contributed by atoms with Crippen molar-refractivity contribution in [2.75, 3.05) is 7.05 Å². The molecule has 7 nitrogen and oxygen atoms in total. The molecule has 1 aromatic heterocycles. The minimum absolute atomic E-state index is 0.0748. The molecule has 1 heterocycles. The second-order valence-corrected chi connectivity index (χ2v) is 5.86. The Balaban J connectivity index is 0.00000190. The van der Waals surface area contributed by atoms with E-state index in [1.165, 1.54) is 0 Å². The molecule has 0 atom stereocenters. The van der Waals surface area contributed by atoms with E-state index < -0.39 is 5.97 Å². The van der Waals surface area contributed by atoms with Gasteiger partial charge in [-0.25, -0.2) is 4.79 Å². The van der Waals surface area contributed by atoms with Crippen LogP contribution in [-0.4, -0.2) is 38.4 Å². The largest absolute Gasteiger partial charge is 0.477 e. The molecule has 0 aliphatic carbocycles. The van der Waals surface area contributed by atoms with Gasteiger partial charge in [0.2, 0.25) is 0 Å². The highest BCUT2D eigenvalue weighted by molar-refractivity contribution is 5.92. The van der Waals surface area contributed by atoms with Crippen molar-refractivity contribution in [2.24, 2.45) is 0 Å². The summed E-state index contributed by atoms with van der Waals surface area (Å²) in [5, 5.41) is 41.7. The van der Waals surface area contributed by atoms with E-state index in [1.807, 2.05) is 0 Å². The number of hydrogen-bond donors (Lipinski definition) is 6. The zero-order valence-electron chi connectivity index (χ0n) is 16.1. The monoisotopic (exact) mass is 388 g/mol. The van der Waals surface area contributed by atoms with Crippen molar-refractivity contribution in [3.63, 3.8) is 0 Å². The van der Waals surface area contributed by atoms with Crippen LogP contribution in [0.15, 0.2) is 37.9 Å². The van der Waals surface area contributed by atoms with Gasteiger partial charge in [-0.05, 0) is 41.3 Å². The number of aromatic carboxylic acids is 1. The average Bonchev–Trinajstić information content (AvgIpc) is 3.06. The van der Waals surface area contributed by atoms with Gasteiger partial charge in [0.05, 0.1) is 19.8 Å². The molecule has 0 bridgehead atoms. The number of aromatic nitrogens is 1. The highest BCUT2D eigenvalue weighted by Gasteiger charge is 2.24. The van der Waals surface area contributed by atoms with Crippen molar-refractivity contribution < 1.29 is 25.2 Å². The minimum Gasteiger partial charge on any atom is -0.477 e. The predicted molar refractivity (Wildman–Crippen MR) is 109 cm³/mol. The SMILES string of the molecule is C=C.C=CCc1c(C(=O)O)[nH]c(CNC)c1-c1ccc(CO)c(CO)c1CO. The van der Waals surface area contributed by atoms with Gasteiger partial charge in [0, 0.05) is 17.8 Å². The molecule has 0 amide bonds. The van der Waals surface area contributed by atoms with Gasteiger partial charge in [0.25, 0.3) is 0 Å². The van der Waals surface area contributed by atoms with Crippen molar-refractivity contribution in [3.8, 4) is 11.1 Å². The Labute approximate surface area is 164 Å². The Morgan fingerprint density at radius 1 is 1.11 bits per heavy atom. The van der Waals surface area contributed by atoms with Gasteiger partial charge in [0.15, 0.2) is 0 Å². The van der Waals surface area contributed by atoms with Crippen molar-refractivity contribution in [2.45, 2.75) is 32.8 Å². The van der Waals surface area contributed by atoms with E-state index in [9.17, 15) is 25.2 Å². The van der Waals surface area contributed by atoms with E-state index in [4.69, 9.17) is 0 Å². The second-order valence-electron chi connectivity index (χ2n) is 5.86. The number of carbonyl (C=O) groups is 1. The molecule has 0 aliphatic rings. The predicted octanol–water partition coefficient (Wildman–Crippen LogP) is 2.11. The molecule has 0 aliphatic heterocycles. The van der Waals surface area contributed by atoms with Gasteiger partial charge in [-0.2, -0.15) is 0 Å². The third-order valence-electron chi connectivity index (χ3n) is 4.38. The molecule has 2 aromatic rings. The van der Waals surface area contributed by atoms with Gasteiger partial charge in [-0.15, -0.1) is 19.7 Å². The molecule has 6 N–H and O–H groups in total. The van der Waals surface area contributed by atoms with Gasteiger partial charge < -0.3 is 30.7 Å². The lowest BCUT2D eigenvalue weighted by Crippen LogP contribution is -2.08. The van der Waals surface area contributed by atoms with Gasteiger partial charge in [-0.3, -0.25) is 0 Å². The number of rotatable bonds is 9. The number of carboxylic acids is 1. The Hall–Kier alpha value is -2.71. The maximum atomic E-state index is 11.7. The van der Waals surface area contributed by atoms with Crippen LogP contribution < -0.4 is 5.32 Å². The first-order valence-electron chi connectivity index (χ1n) is 8.72. The Morgan fingerprint density at radius 3 is 2.21 bits per heavy atom. The summed E-state index contributed by atoms with van der Waals surface area (Å²) in [6.45, 7) is 9.15. The van der Waals surface area contributed by atoms with E-state index in [2.05, 4.69) is 30.0 Å². The molecule has 2 rings (SSSR count). The van der Waals surface area contributed by atoms with Gasteiger partial charge in [0.1, 0.15) is 5.69 Å². The topological polar surface area (TPSA) is 126 Å². The summed E-state index contributed by atoms with van der Waals surface area (Å²) in [6, 6.07) is 3.41. The number of allylic oxidation sites excluding steroid dienone is 1.